The van der Waals surface area contributed by atoms with Gasteiger partial charge in [0, 0.05) is 12.6 Å². The number of nitrogens with one attached hydrogen (secondary N) is 1. The van der Waals surface area contributed by atoms with Crippen molar-refractivity contribution in [2.75, 3.05) is 6.54 Å². The number of allylic oxidation sites excluding steroid dienone is 9. The smallest absolute Gasteiger partial charge is 0.243 e. The van der Waals surface area contributed by atoms with E-state index in [1.165, 1.54) is 0 Å². The minimum atomic E-state index is -0.0272. The van der Waals surface area contributed by atoms with Crippen LogP contribution < -0.4 is 5.32 Å². The lowest BCUT2D eigenvalue weighted by Gasteiger charge is -2.07. The number of unbranched alkanes of at least 4 members (excludes halogenated alkanes) is 2. The van der Waals surface area contributed by atoms with Crippen LogP contribution in [0.25, 0.3) is 0 Å². The summed E-state index contributed by atoms with van der Waals surface area (Å²) >= 11 is 0. The molecule has 0 rings (SSSR count). The van der Waals surface area contributed by atoms with Crippen LogP contribution in [0.4, 0.5) is 0 Å². The molecule has 1 atom stereocenters. The molecule has 0 aromatic carbocycles. The molecule has 0 aliphatic carbocycles. The molecule has 0 aliphatic rings. The van der Waals surface area contributed by atoms with Crippen LogP contribution in [-0.4, -0.2) is 12.5 Å². The van der Waals surface area contributed by atoms with Crippen molar-refractivity contribution in [2.45, 2.75) is 52.9 Å². The normalized spacial score (nSPS) is 13.2. The maximum absolute atomic E-state index is 11.5. The average Bonchev–Trinajstić information content (AvgIpc) is 2.62. The monoisotopic (exact) mass is 339 g/mol. The van der Waals surface area contributed by atoms with Gasteiger partial charge in [-0.05, 0) is 37.3 Å². The second kappa shape index (κ2) is 18.1. The fraction of sp³-hybridized carbons (Fsp3) is 0.435. The molecule has 0 spiro atoms. The SMILES string of the molecule is CCCC=CC#CC=CC=CCCC=CC=CC(=O)NCC(C)CC. The lowest BCUT2D eigenvalue weighted by molar-refractivity contribution is -0.116. The van der Waals surface area contributed by atoms with Gasteiger partial charge < -0.3 is 5.32 Å². The highest BCUT2D eigenvalue weighted by atomic mass is 16.1. The lowest BCUT2D eigenvalue weighted by atomic mass is 10.1. The van der Waals surface area contributed by atoms with Gasteiger partial charge in [-0.15, -0.1) is 0 Å². The summed E-state index contributed by atoms with van der Waals surface area (Å²) in [7, 11) is 0. The Labute approximate surface area is 154 Å². The van der Waals surface area contributed by atoms with Crippen LogP contribution in [0.3, 0.4) is 0 Å². The quantitative estimate of drug-likeness (QED) is 0.228. The van der Waals surface area contributed by atoms with Crippen molar-refractivity contribution < 1.29 is 4.79 Å². The predicted octanol–water partition coefficient (Wildman–Crippen LogP) is 5.51. The molecule has 25 heavy (non-hydrogen) atoms. The van der Waals surface area contributed by atoms with E-state index in [0.29, 0.717) is 5.92 Å². The first-order chi connectivity index (χ1) is 12.2. The lowest BCUT2D eigenvalue weighted by Crippen LogP contribution is -2.26. The molecule has 1 amide bonds. The molecule has 0 bridgehead atoms. The summed E-state index contributed by atoms with van der Waals surface area (Å²) in [4.78, 5) is 11.5. The summed E-state index contributed by atoms with van der Waals surface area (Å²) in [5.74, 6) is 6.43. The molecular weight excluding hydrogens is 306 g/mol. The predicted molar refractivity (Wildman–Crippen MR) is 110 cm³/mol. The van der Waals surface area contributed by atoms with Gasteiger partial charge in [0.25, 0.3) is 0 Å². The van der Waals surface area contributed by atoms with Crippen LogP contribution >= 0.6 is 0 Å². The summed E-state index contributed by atoms with van der Waals surface area (Å²) < 4.78 is 0. The molecule has 0 saturated heterocycles. The molecular formula is C23H33NO. The topological polar surface area (TPSA) is 29.1 Å². The second-order valence-electron chi connectivity index (χ2n) is 5.89. The largest absolute Gasteiger partial charge is 0.352 e. The van der Waals surface area contributed by atoms with Crippen molar-refractivity contribution in [3.05, 3.63) is 60.8 Å². The van der Waals surface area contributed by atoms with E-state index in [4.69, 9.17) is 0 Å². The molecule has 0 fully saturated rings. The third-order valence-corrected chi connectivity index (χ3v) is 3.48. The Hall–Kier alpha value is -2.27. The Balaban J connectivity index is 3.77. The first-order valence-electron chi connectivity index (χ1n) is 9.29. The maximum Gasteiger partial charge on any atom is 0.243 e. The molecule has 1 N–H and O–H groups in total. The number of rotatable bonds is 11. The van der Waals surface area contributed by atoms with E-state index in [1.54, 1.807) is 12.2 Å². The molecule has 136 valence electrons. The summed E-state index contributed by atoms with van der Waals surface area (Å²) in [6, 6.07) is 0. The van der Waals surface area contributed by atoms with Crippen LogP contribution in [0.5, 0.6) is 0 Å². The van der Waals surface area contributed by atoms with Crippen molar-refractivity contribution in [3.63, 3.8) is 0 Å². The summed E-state index contributed by atoms with van der Waals surface area (Å²) in [6.07, 6.45) is 24.5. The second-order valence-corrected chi connectivity index (χ2v) is 5.89. The van der Waals surface area contributed by atoms with E-state index >= 15 is 0 Å². The highest BCUT2D eigenvalue weighted by Gasteiger charge is 1.99. The van der Waals surface area contributed by atoms with Crippen molar-refractivity contribution in [1.29, 1.82) is 0 Å². The molecule has 0 heterocycles. The average molecular weight is 340 g/mol. The third-order valence-electron chi connectivity index (χ3n) is 3.48. The Bertz CT molecular complexity index is 538. The number of carbonyl (C=O) groups excluding carboxylic acids is 1. The third kappa shape index (κ3) is 17.9. The van der Waals surface area contributed by atoms with E-state index in [-0.39, 0.29) is 5.91 Å². The van der Waals surface area contributed by atoms with Gasteiger partial charge in [0.1, 0.15) is 0 Å². The summed E-state index contributed by atoms with van der Waals surface area (Å²) in [6.45, 7) is 7.14. The fourth-order valence-corrected chi connectivity index (χ4v) is 1.67. The van der Waals surface area contributed by atoms with E-state index in [1.807, 2.05) is 30.4 Å². The van der Waals surface area contributed by atoms with Crippen molar-refractivity contribution >= 4 is 5.91 Å². The molecule has 0 saturated carbocycles. The highest BCUT2D eigenvalue weighted by Crippen LogP contribution is 1.97. The Morgan fingerprint density at radius 1 is 0.920 bits per heavy atom. The van der Waals surface area contributed by atoms with Crippen LogP contribution in [0, 0.1) is 17.8 Å². The Kier molecular flexibility index (Phi) is 16.4. The highest BCUT2D eigenvalue weighted by molar-refractivity contribution is 5.87. The number of amides is 1. The van der Waals surface area contributed by atoms with Crippen molar-refractivity contribution in [1.82, 2.24) is 5.32 Å². The van der Waals surface area contributed by atoms with Gasteiger partial charge in [-0.3, -0.25) is 4.79 Å². The van der Waals surface area contributed by atoms with Gasteiger partial charge in [-0.1, -0.05) is 88.0 Å². The van der Waals surface area contributed by atoms with E-state index < -0.39 is 0 Å². The van der Waals surface area contributed by atoms with Gasteiger partial charge >= 0.3 is 0 Å². The molecule has 0 radical (unpaired) electrons. The van der Waals surface area contributed by atoms with Crippen LogP contribution in [-0.2, 0) is 4.79 Å². The molecule has 0 aromatic heterocycles. The van der Waals surface area contributed by atoms with Gasteiger partial charge in [0.2, 0.25) is 5.91 Å². The standard InChI is InChI=1S/C23H33NO/c1-4-6-7-8-9-10-11-12-13-14-15-16-17-18-19-20-23(25)24-21-22(3)5-2/h7-8,11-14,17-20,22H,4-6,15-16,21H2,1-3H3,(H,24,25). The van der Waals surface area contributed by atoms with Gasteiger partial charge in [0.15, 0.2) is 0 Å². The fourth-order valence-electron chi connectivity index (χ4n) is 1.67. The van der Waals surface area contributed by atoms with E-state index in [2.05, 4.69) is 56.2 Å². The van der Waals surface area contributed by atoms with Gasteiger partial charge in [0.05, 0.1) is 0 Å². The number of carbonyl (C=O) groups is 1. The molecule has 0 aromatic rings. The van der Waals surface area contributed by atoms with Gasteiger partial charge in [-0.2, -0.15) is 0 Å². The summed E-state index contributed by atoms with van der Waals surface area (Å²) in [5.41, 5.74) is 0. The van der Waals surface area contributed by atoms with Crippen LogP contribution in [0.1, 0.15) is 52.9 Å². The van der Waals surface area contributed by atoms with Crippen LogP contribution in [0.2, 0.25) is 0 Å². The van der Waals surface area contributed by atoms with Crippen molar-refractivity contribution in [2.24, 2.45) is 5.92 Å². The van der Waals surface area contributed by atoms with Crippen LogP contribution in [0.15, 0.2) is 60.8 Å². The molecule has 1 unspecified atom stereocenters. The zero-order chi connectivity index (χ0) is 18.6. The Morgan fingerprint density at radius 3 is 2.28 bits per heavy atom. The first-order valence-corrected chi connectivity index (χ1v) is 9.29. The zero-order valence-electron chi connectivity index (χ0n) is 16.0. The maximum atomic E-state index is 11.5. The van der Waals surface area contributed by atoms with E-state index in [9.17, 15) is 4.79 Å². The minimum absolute atomic E-state index is 0.0272. The minimum Gasteiger partial charge on any atom is -0.352 e. The number of hydrogen-bond acceptors (Lipinski definition) is 1. The molecule has 0 aliphatic heterocycles. The zero-order valence-corrected chi connectivity index (χ0v) is 16.0. The first kappa shape index (κ1) is 22.7. The van der Waals surface area contributed by atoms with Crippen molar-refractivity contribution in [3.8, 4) is 11.8 Å². The molecule has 2 nitrogen and oxygen atoms in total. The van der Waals surface area contributed by atoms with E-state index in [0.717, 1.165) is 38.6 Å². The summed E-state index contributed by atoms with van der Waals surface area (Å²) in [5, 5.41) is 2.89. The van der Waals surface area contributed by atoms with Gasteiger partial charge in [-0.25, -0.2) is 0 Å². The number of hydrogen-bond donors (Lipinski definition) is 1. The molecule has 2 heteroatoms. The Morgan fingerprint density at radius 2 is 1.60 bits per heavy atom.